The van der Waals surface area contributed by atoms with Crippen LogP contribution in [0.3, 0.4) is 0 Å². The second-order valence-corrected chi connectivity index (χ2v) is 17.7. The number of para-hydroxylation sites is 2. The summed E-state index contributed by atoms with van der Waals surface area (Å²) in [5, 5.41) is 46.3. The molecule has 12 atom stereocenters. The van der Waals surface area contributed by atoms with Crippen molar-refractivity contribution in [2.24, 2.45) is 0 Å². The zero-order chi connectivity index (χ0) is 48.3. The molecule has 0 saturated carbocycles. The van der Waals surface area contributed by atoms with Gasteiger partial charge in [-0.3, -0.25) is 37.5 Å². The highest BCUT2D eigenvalue weighted by Gasteiger charge is 2.47. The SMILES string of the molecule is COC(=O)[C@H](C)NP(=O)(OC[C@H]1O[C@@H](n2ccc(=O)[nH]c2=O)[C@H](O)[C@@H]1O)Oc1ccccc1.COC(=O)[C@H](C)NP(=O)(OC[C@H]1O[C@@H](n2ccc(N)nc2=O)[C@H](O)[C@@H]1O)Oc1ccccc1. The van der Waals surface area contributed by atoms with E-state index in [1.807, 2.05) is 4.98 Å². The first-order valence-electron chi connectivity index (χ1n) is 19.7. The first-order valence-corrected chi connectivity index (χ1v) is 22.7. The summed E-state index contributed by atoms with van der Waals surface area (Å²) in [7, 11) is -6.07. The number of nitrogens with zero attached hydrogens (tertiary/aromatic N) is 3. The largest absolute Gasteiger partial charge is 0.468 e. The van der Waals surface area contributed by atoms with Crippen LogP contribution in [0.2, 0.25) is 0 Å². The van der Waals surface area contributed by atoms with Gasteiger partial charge in [-0.1, -0.05) is 36.4 Å². The van der Waals surface area contributed by atoms with Crippen molar-refractivity contribution in [2.45, 2.75) is 75.0 Å². The highest BCUT2D eigenvalue weighted by molar-refractivity contribution is 7.52. The summed E-state index contributed by atoms with van der Waals surface area (Å²) in [5.74, 6) is -1.08. The highest BCUT2D eigenvalue weighted by atomic mass is 31.2. The number of nitrogens with two attached hydrogens (primary N) is 1. The van der Waals surface area contributed by atoms with Gasteiger partial charge in [0.05, 0.1) is 27.4 Å². The maximum absolute atomic E-state index is 13.4. The predicted molar refractivity (Wildman–Crippen MR) is 227 cm³/mol. The lowest BCUT2D eigenvalue weighted by Crippen LogP contribution is -2.38. The van der Waals surface area contributed by atoms with E-state index in [2.05, 4.69) is 24.6 Å². The molecule has 6 rings (SSSR count). The highest BCUT2D eigenvalue weighted by Crippen LogP contribution is 2.47. The van der Waals surface area contributed by atoms with Gasteiger partial charge in [0.25, 0.3) is 5.56 Å². The second kappa shape index (κ2) is 22.7. The molecule has 0 spiro atoms. The summed E-state index contributed by atoms with van der Waals surface area (Å²) in [6.45, 7) is 1.73. The van der Waals surface area contributed by atoms with Gasteiger partial charge < -0.3 is 54.2 Å². The molecule has 28 heteroatoms. The third-order valence-corrected chi connectivity index (χ3v) is 12.8. The minimum Gasteiger partial charge on any atom is -0.468 e. The Morgan fingerprint density at radius 2 is 1.14 bits per heavy atom. The van der Waals surface area contributed by atoms with E-state index in [1.165, 1.54) is 57.5 Å². The second-order valence-electron chi connectivity index (χ2n) is 14.3. The predicted octanol–water partition coefficient (Wildman–Crippen LogP) is -0.690. The van der Waals surface area contributed by atoms with Crippen LogP contribution in [0.1, 0.15) is 26.3 Å². The number of ether oxygens (including phenoxy) is 4. The van der Waals surface area contributed by atoms with Crippen molar-refractivity contribution >= 4 is 33.2 Å². The zero-order valence-corrected chi connectivity index (χ0v) is 37.3. The topological polar surface area (TPSA) is 363 Å². The Hall–Kier alpha value is -5.60. The Morgan fingerprint density at radius 3 is 1.55 bits per heavy atom. The van der Waals surface area contributed by atoms with Gasteiger partial charge in [-0.15, -0.1) is 0 Å². The molecule has 2 aromatic carbocycles. The molecule has 66 heavy (non-hydrogen) atoms. The third kappa shape index (κ3) is 13.3. The standard InChI is InChI=1S/C19H25N4O9P.C19H24N3O10P/c1-11(18(26)29-2)22-33(28,32-12-6-4-3-5-7-12)30-10-13-15(24)16(25)17(31-13)23-9-8-14(20)21-19(23)27;1-11(18(26)29-2)21-33(28,32-12-6-4-3-5-7-12)30-10-13-15(24)16(25)17(31-13)22-9-8-14(23)20-19(22)27/h3-9,11,13,15-17,24-25H,10H2,1-2H3,(H,22,28)(H2,20,21,27);3-9,11,13,15-17,24-25H,10H2,1-2H3,(H,21,28)(H,20,23,27)/t2*11-,13+,15+,16+,17+,33?/m00/s1. The number of nitrogens with one attached hydrogen (secondary N) is 3. The maximum Gasteiger partial charge on any atom is 0.459 e. The number of hydrogen-bond donors (Lipinski definition) is 8. The number of aliphatic hydroxyl groups is 4. The number of methoxy groups -OCH3 is 2. The summed E-state index contributed by atoms with van der Waals surface area (Å²) >= 11 is 0. The van der Waals surface area contributed by atoms with Crippen molar-refractivity contribution in [1.29, 1.82) is 0 Å². The molecule has 0 bridgehead atoms. The summed E-state index contributed by atoms with van der Waals surface area (Å²) in [4.78, 5) is 64.5. The summed E-state index contributed by atoms with van der Waals surface area (Å²) in [6, 6.07) is 16.3. The molecular formula is C38H49N7O19P2. The van der Waals surface area contributed by atoms with Gasteiger partial charge in [0.2, 0.25) is 0 Å². The number of aliphatic hydroxyl groups excluding tert-OH is 4. The summed E-state index contributed by atoms with van der Waals surface area (Å²) in [5.41, 5.74) is 3.17. The average molecular weight is 970 g/mol. The van der Waals surface area contributed by atoms with Crippen molar-refractivity contribution in [2.75, 3.05) is 33.2 Å². The molecule has 4 aromatic rings. The van der Waals surface area contributed by atoms with E-state index in [-0.39, 0.29) is 17.3 Å². The van der Waals surface area contributed by atoms with Gasteiger partial charge in [0.1, 0.15) is 66.0 Å². The smallest absolute Gasteiger partial charge is 0.459 e. The molecule has 2 aliphatic rings. The van der Waals surface area contributed by atoms with Crippen LogP contribution in [0, 0.1) is 0 Å². The van der Waals surface area contributed by atoms with Crippen LogP contribution in [-0.2, 0) is 46.7 Å². The molecule has 0 amide bonds. The number of nitrogen functional groups attached to an aromatic ring is 1. The number of anilines is 1. The van der Waals surface area contributed by atoms with Crippen molar-refractivity contribution in [3.8, 4) is 11.5 Å². The fourth-order valence-electron chi connectivity index (χ4n) is 6.14. The van der Waals surface area contributed by atoms with Gasteiger partial charge in [0.15, 0.2) is 12.5 Å². The summed E-state index contributed by atoms with van der Waals surface area (Å²) in [6.07, 6.45) is -8.79. The fraction of sp³-hybridized carbons (Fsp3) is 0.421. The molecule has 4 heterocycles. The number of carbonyl (C=O) groups is 2. The van der Waals surface area contributed by atoms with E-state index in [1.54, 1.807) is 36.4 Å². The molecule has 2 aromatic heterocycles. The lowest BCUT2D eigenvalue weighted by Gasteiger charge is -2.24. The van der Waals surface area contributed by atoms with E-state index in [9.17, 15) is 53.5 Å². The number of H-pyrrole nitrogens is 1. The lowest BCUT2D eigenvalue weighted by atomic mass is 10.1. The molecule has 2 saturated heterocycles. The molecule has 0 radical (unpaired) electrons. The monoisotopic (exact) mass is 969 g/mol. The lowest BCUT2D eigenvalue weighted by molar-refractivity contribution is -0.143. The molecule has 9 N–H and O–H groups in total. The van der Waals surface area contributed by atoms with Crippen LogP contribution in [0.15, 0.2) is 99.6 Å². The quantitative estimate of drug-likeness (QED) is 0.0452. The fourth-order valence-corrected chi connectivity index (χ4v) is 9.14. The normalized spacial score (nSPS) is 25.2. The van der Waals surface area contributed by atoms with E-state index in [0.717, 1.165) is 28.5 Å². The molecule has 0 aliphatic carbocycles. The van der Waals surface area contributed by atoms with Crippen molar-refractivity contribution in [3.05, 3.63) is 117 Å². The molecule has 26 nitrogen and oxygen atoms in total. The van der Waals surface area contributed by atoms with Gasteiger partial charge in [-0.25, -0.2) is 18.7 Å². The van der Waals surface area contributed by atoms with Crippen LogP contribution >= 0.6 is 15.5 Å². The van der Waals surface area contributed by atoms with Crippen LogP contribution < -0.4 is 41.9 Å². The Bertz CT molecular complexity index is 2530. The third-order valence-electron chi connectivity index (χ3n) is 9.49. The van der Waals surface area contributed by atoms with E-state index in [0.29, 0.717) is 0 Å². The molecule has 2 fully saturated rings. The minimum atomic E-state index is -4.21. The van der Waals surface area contributed by atoms with Crippen molar-refractivity contribution in [1.82, 2.24) is 29.3 Å². The van der Waals surface area contributed by atoms with Crippen LogP contribution in [-0.4, -0.2) is 128 Å². The number of rotatable bonds is 18. The van der Waals surface area contributed by atoms with Crippen LogP contribution in [0.25, 0.3) is 0 Å². The van der Waals surface area contributed by atoms with Crippen LogP contribution in [0.5, 0.6) is 11.5 Å². The number of carbonyl (C=O) groups excluding carboxylic acids is 2. The Labute approximate surface area is 374 Å². The van der Waals surface area contributed by atoms with Gasteiger partial charge in [-0.2, -0.15) is 15.2 Å². The minimum absolute atomic E-state index is 0.0195. The number of aromatic amines is 1. The Balaban J connectivity index is 0.000000247. The number of hydrogen-bond acceptors (Lipinski definition) is 21. The zero-order valence-electron chi connectivity index (χ0n) is 35.5. The number of aromatic nitrogens is 4. The molecule has 360 valence electrons. The number of esters is 2. The van der Waals surface area contributed by atoms with Crippen molar-refractivity contribution < 1.29 is 76.2 Å². The van der Waals surface area contributed by atoms with E-state index >= 15 is 0 Å². The van der Waals surface area contributed by atoms with Crippen LogP contribution in [0.4, 0.5) is 5.82 Å². The number of benzene rings is 2. The first-order chi connectivity index (χ1) is 31.3. The molecule has 2 unspecified atom stereocenters. The first kappa shape index (κ1) is 51.4. The average Bonchev–Trinajstić information content (AvgIpc) is 3.73. The Kier molecular flexibility index (Phi) is 17.7. The van der Waals surface area contributed by atoms with Crippen molar-refractivity contribution in [3.63, 3.8) is 0 Å². The Morgan fingerprint density at radius 1 is 0.712 bits per heavy atom. The molecule has 2 aliphatic heterocycles. The van der Waals surface area contributed by atoms with Gasteiger partial charge in [-0.05, 0) is 44.2 Å². The van der Waals surface area contributed by atoms with E-state index < -0.39 is 119 Å². The van der Waals surface area contributed by atoms with Gasteiger partial charge in [0, 0.05) is 18.5 Å². The van der Waals surface area contributed by atoms with Gasteiger partial charge >= 0.3 is 38.8 Å². The van der Waals surface area contributed by atoms with E-state index in [4.69, 9.17) is 33.3 Å². The molecular weight excluding hydrogens is 920 g/mol. The summed E-state index contributed by atoms with van der Waals surface area (Å²) < 4.78 is 70.7. The maximum atomic E-state index is 13.4.